The first kappa shape index (κ1) is 22.8. The Kier molecular flexibility index (Phi) is 8.06. The maximum absolute atomic E-state index is 12.5. The molecule has 31 heavy (non-hydrogen) atoms. The van der Waals surface area contributed by atoms with E-state index in [4.69, 9.17) is 9.47 Å². The number of nitrogens with zero attached hydrogens (tertiary/aromatic N) is 2. The smallest absolute Gasteiger partial charge is 0.311 e. The van der Waals surface area contributed by atoms with Crippen molar-refractivity contribution in [2.45, 2.75) is 26.3 Å². The highest BCUT2D eigenvalue weighted by molar-refractivity contribution is 7.12. The third kappa shape index (κ3) is 6.30. The van der Waals surface area contributed by atoms with Crippen LogP contribution < -0.4 is 4.74 Å². The molecule has 1 fully saturated rings. The number of rotatable bonds is 8. The highest BCUT2D eigenvalue weighted by Gasteiger charge is 2.30. The molecular weight excluding hydrogens is 416 g/mol. The quantitative estimate of drug-likeness (QED) is 0.585. The summed E-state index contributed by atoms with van der Waals surface area (Å²) >= 11 is 1.39. The largest absolute Gasteiger partial charge is 0.494 e. The van der Waals surface area contributed by atoms with Crippen LogP contribution in [-0.2, 0) is 20.9 Å². The molecule has 0 radical (unpaired) electrons. The van der Waals surface area contributed by atoms with E-state index in [2.05, 4.69) is 0 Å². The molecule has 8 heteroatoms. The van der Waals surface area contributed by atoms with Crippen molar-refractivity contribution in [1.29, 1.82) is 0 Å². The van der Waals surface area contributed by atoms with Crippen LogP contribution in [0.1, 0.15) is 35.0 Å². The zero-order valence-electron chi connectivity index (χ0n) is 17.9. The predicted molar refractivity (Wildman–Crippen MR) is 118 cm³/mol. The summed E-state index contributed by atoms with van der Waals surface area (Å²) in [5.74, 6) is -0.371. The standard InChI is InChI=1S/C23H28N2O5S/c1-3-29-19-10-8-17(9-11-19)14-24(2)21(26)16-30-23(28)18-6-4-12-25(15-18)22(27)20-7-5-13-31-20/h5,7-11,13,18H,3-4,6,12,14-16H2,1-2H3. The van der Waals surface area contributed by atoms with Crippen LogP contribution in [0.15, 0.2) is 41.8 Å². The minimum absolute atomic E-state index is 0.0568. The van der Waals surface area contributed by atoms with Crippen LogP contribution in [-0.4, -0.2) is 60.9 Å². The zero-order valence-corrected chi connectivity index (χ0v) is 18.7. The van der Waals surface area contributed by atoms with Crippen molar-refractivity contribution in [1.82, 2.24) is 9.80 Å². The van der Waals surface area contributed by atoms with E-state index in [1.807, 2.05) is 42.6 Å². The second kappa shape index (κ2) is 10.9. The fraction of sp³-hybridized carbons (Fsp3) is 0.435. The van der Waals surface area contributed by atoms with Crippen LogP contribution >= 0.6 is 11.3 Å². The van der Waals surface area contributed by atoms with Gasteiger partial charge in [-0.3, -0.25) is 14.4 Å². The number of hydrogen-bond acceptors (Lipinski definition) is 6. The Hall–Kier alpha value is -2.87. The lowest BCUT2D eigenvalue weighted by atomic mass is 9.98. The first-order chi connectivity index (χ1) is 15.0. The molecule has 0 saturated carbocycles. The Morgan fingerprint density at radius 1 is 1.19 bits per heavy atom. The maximum atomic E-state index is 12.5. The Morgan fingerprint density at radius 2 is 1.97 bits per heavy atom. The van der Waals surface area contributed by atoms with E-state index in [1.165, 1.54) is 16.2 Å². The second-order valence-corrected chi connectivity index (χ2v) is 8.45. The van der Waals surface area contributed by atoms with Crippen molar-refractivity contribution in [2.75, 3.05) is 33.4 Å². The molecule has 2 aromatic rings. The number of carbonyl (C=O) groups excluding carboxylic acids is 3. The molecule has 1 aliphatic rings. The van der Waals surface area contributed by atoms with Gasteiger partial charge in [0.05, 0.1) is 17.4 Å². The van der Waals surface area contributed by atoms with Crippen molar-refractivity contribution in [3.63, 3.8) is 0 Å². The lowest BCUT2D eigenvalue weighted by Crippen LogP contribution is -2.43. The fourth-order valence-corrected chi connectivity index (χ4v) is 4.18. The molecular formula is C23H28N2O5S. The van der Waals surface area contributed by atoms with Crippen LogP contribution in [0.5, 0.6) is 5.75 Å². The molecule has 0 bridgehead atoms. The van der Waals surface area contributed by atoms with Gasteiger partial charge in [-0.05, 0) is 48.9 Å². The molecule has 1 atom stereocenters. The molecule has 0 N–H and O–H groups in total. The van der Waals surface area contributed by atoms with E-state index < -0.39 is 11.9 Å². The van der Waals surface area contributed by atoms with Crippen LogP contribution in [0.2, 0.25) is 0 Å². The van der Waals surface area contributed by atoms with Gasteiger partial charge in [-0.1, -0.05) is 18.2 Å². The fourth-order valence-electron chi connectivity index (χ4n) is 3.49. The lowest BCUT2D eigenvalue weighted by molar-refractivity contribution is -0.156. The van der Waals surface area contributed by atoms with Gasteiger partial charge in [-0.2, -0.15) is 0 Å². The number of piperidine rings is 1. The number of amides is 2. The van der Waals surface area contributed by atoms with Gasteiger partial charge in [0.2, 0.25) is 0 Å². The second-order valence-electron chi connectivity index (χ2n) is 7.50. The van der Waals surface area contributed by atoms with Crippen LogP contribution in [0.3, 0.4) is 0 Å². The Labute approximate surface area is 186 Å². The number of thiophene rings is 1. The molecule has 1 saturated heterocycles. The Balaban J connectivity index is 1.45. The topological polar surface area (TPSA) is 76.2 Å². The van der Waals surface area contributed by atoms with Gasteiger partial charge in [-0.25, -0.2) is 0 Å². The number of esters is 1. The predicted octanol–water partition coefficient (Wildman–Crippen LogP) is 3.20. The summed E-state index contributed by atoms with van der Waals surface area (Å²) in [5.41, 5.74) is 0.959. The SMILES string of the molecule is CCOc1ccc(CN(C)C(=O)COC(=O)C2CCCN(C(=O)c3cccs3)C2)cc1. The van der Waals surface area contributed by atoms with Crippen molar-refractivity contribution < 1.29 is 23.9 Å². The average Bonchev–Trinajstić information content (AvgIpc) is 3.33. The molecule has 0 spiro atoms. The minimum atomic E-state index is -0.425. The molecule has 0 aliphatic carbocycles. The van der Waals surface area contributed by atoms with Crippen molar-refractivity contribution in [3.05, 3.63) is 52.2 Å². The van der Waals surface area contributed by atoms with Crippen molar-refractivity contribution in [2.24, 2.45) is 5.92 Å². The summed E-state index contributed by atoms with van der Waals surface area (Å²) in [5, 5.41) is 1.86. The molecule has 7 nitrogen and oxygen atoms in total. The van der Waals surface area contributed by atoms with Crippen LogP contribution in [0, 0.1) is 5.92 Å². The third-order valence-electron chi connectivity index (χ3n) is 5.19. The van der Waals surface area contributed by atoms with Gasteiger partial charge in [0.25, 0.3) is 11.8 Å². The first-order valence-electron chi connectivity index (χ1n) is 10.4. The van der Waals surface area contributed by atoms with E-state index >= 15 is 0 Å². The number of carbonyl (C=O) groups is 3. The van der Waals surface area contributed by atoms with Gasteiger partial charge in [0, 0.05) is 26.7 Å². The molecule has 1 aromatic heterocycles. The Bertz CT molecular complexity index is 882. The highest BCUT2D eigenvalue weighted by Crippen LogP contribution is 2.21. The third-order valence-corrected chi connectivity index (χ3v) is 6.05. The minimum Gasteiger partial charge on any atom is -0.494 e. The molecule has 166 valence electrons. The summed E-state index contributed by atoms with van der Waals surface area (Å²) in [6.07, 6.45) is 1.39. The molecule has 2 amide bonds. The van der Waals surface area contributed by atoms with Gasteiger partial charge in [0.1, 0.15) is 5.75 Å². The van der Waals surface area contributed by atoms with Crippen LogP contribution in [0.25, 0.3) is 0 Å². The monoisotopic (exact) mass is 444 g/mol. The van der Waals surface area contributed by atoms with E-state index in [-0.39, 0.29) is 18.4 Å². The number of likely N-dealkylation sites (tertiary alicyclic amines) is 1. The molecule has 1 aliphatic heterocycles. The number of ether oxygens (including phenoxy) is 2. The first-order valence-corrected chi connectivity index (χ1v) is 11.3. The van der Waals surface area contributed by atoms with E-state index in [0.29, 0.717) is 37.5 Å². The number of hydrogen-bond donors (Lipinski definition) is 0. The normalized spacial score (nSPS) is 15.9. The van der Waals surface area contributed by atoms with E-state index in [1.54, 1.807) is 18.0 Å². The molecule has 2 heterocycles. The number of likely N-dealkylation sites (N-methyl/N-ethyl adjacent to an activating group) is 1. The molecule has 1 aromatic carbocycles. The summed E-state index contributed by atoms with van der Waals surface area (Å²) in [4.78, 5) is 41.3. The summed E-state index contributed by atoms with van der Waals surface area (Å²) in [6.45, 7) is 3.59. The summed E-state index contributed by atoms with van der Waals surface area (Å²) in [7, 11) is 1.68. The van der Waals surface area contributed by atoms with Crippen LogP contribution in [0.4, 0.5) is 0 Å². The summed E-state index contributed by atoms with van der Waals surface area (Å²) < 4.78 is 10.7. The van der Waals surface area contributed by atoms with Crippen molar-refractivity contribution in [3.8, 4) is 5.75 Å². The Morgan fingerprint density at radius 3 is 2.65 bits per heavy atom. The maximum Gasteiger partial charge on any atom is 0.311 e. The average molecular weight is 445 g/mol. The summed E-state index contributed by atoms with van der Waals surface area (Å²) in [6, 6.07) is 11.2. The zero-order chi connectivity index (χ0) is 22.2. The van der Waals surface area contributed by atoms with E-state index in [9.17, 15) is 14.4 Å². The van der Waals surface area contributed by atoms with Gasteiger partial charge < -0.3 is 19.3 Å². The number of benzene rings is 1. The van der Waals surface area contributed by atoms with Gasteiger partial charge >= 0.3 is 5.97 Å². The van der Waals surface area contributed by atoms with E-state index in [0.717, 1.165) is 17.7 Å². The lowest BCUT2D eigenvalue weighted by Gasteiger charge is -2.31. The molecule has 3 rings (SSSR count). The van der Waals surface area contributed by atoms with Crippen molar-refractivity contribution >= 4 is 29.1 Å². The molecule has 1 unspecified atom stereocenters. The highest BCUT2D eigenvalue weighted by atomic mass is 32.1. The van der Waals surface area contributed by atoms with Gasteiger partial charge in [0.15, 0.2) is 6.61 Å². The van der Waals surface area contributed by atoms with Gasteiger partial charge in [-0.15, -0.1) is 11.3 Å².